The van der Waals surface area contributed by atoms with Gasteiger partial charge in [0, 0.05) is 19.1 Å². The summed E-state index contributed by atoms with van der Waals surface area (Å²) in [6.45, 7) is 3.14. The topological polar surface area (TPSA) is 69.6 Å². The van der Waals surface area contributed by atoms with Gasteiger partial charge in [0.15, 0.2) is 0 Å². The second kappa shape index (κ2) is 6.26. The average molecular weight is 268 g/mol. The first-order valence-corrected chi connectivity index (χ1v) is 7.38. The Morgan fingerprint density at radius 2 is 1.89 bits per heavy atom. The number of urea groups is 1. The molecule has 1 heterocycles. The fourth-order valence-electron chi connectivity index (χ4n) is 3.13. The van der Waals surface area contributed by atoms with Crippen LogP contribution in [0, 0.1) is 11.8 Å². The van der Waals surface area contributed by atoms with Crippen LogP contribution in [0.5, 0.6) is 0 Å². The number of likely N-dealkylation sites (tertiary alicyclic amines) is 1. The number of carboxylic acid groups (broad SMARTS) is 1. The molecule has 1 saturated heterocycles. The van der Waals surface area contributed by atoms with Gasteiger partial charge in [0.2, 0.25) is 0 Å². The third kappa shape index (κ3) is 3.61. The molecule has 0 bridgehead atoms. The van der Waals surface area contributed by atoms with Gasteiger partial charge in [-0.1, -0.05) is 13.3 Å². The Morgan fingerprint density at radius 3 is 2.42 bits per heavy atom. The molecule has 1 unspecified atom stereocenters. The van der Waals surface area contributed by atoms with E-state index in [0.717, 1.165) is 18.8 Å². The summed E-state index contributed by atoms with van der Waals surface area (Å²) < 4.78 is 0. The van der Waals surface area contributed by atoms with E-state index in [-0.39, 0.29) is 18.0 Å². The molecule has 2 aliphatic rings. The molecule has 2 rings (SSSR count). The first kappa shape index (κ1) is 14.2. The van der Waals surface area contributed by atoms with E-state index in [1.807, 2.05) is 0 Å². The van der Waals surface area contributed by atoms with Crippen LogP contribution in [0.25, 0.3) is 0 Å². The Morgan fingerprint density at radius 1 is 1.21 bits per heavy atom. The molecule has 0 aromatic rings. The highest BCUT2D eigenvalue weighted by atomic mass is 16.4. The lowest BCUT2D eigenvalue weighted by molar-refractivity contribution is -0.141. The zero-order valence-corrected chi connectivity index (χ0v) is 11.6. The number of hydrogen-bond donors (Lipinski definition) is 2. The molecule has 19 heavy (non-hydrogen) atoms. The standard InChI is InChI=1S/C14H24N2O3/c1-2-10-3-5-12(6-4-10)15-14(19)16-8-7-11(9-16)13(17)18/h10-12H,2-9H2,1H3,(H,15,19)(H,17,18). The smallest absolute Gasteiger partial charge is 0.317 e. The van der Waals surface area contributed by atoms with Crippen LogP contribution in [0.2, 0.25) is 0 Å². The summed E-state index contributed by atoms with van der Waals surface area (Å²) in [5, 5.41) is 12.0. The lowest BCUT2D eigenvalue weighted by Gasteiger charge is -2.30. The van der Waals surface area contributed by atoms with E-state index < -0.39 is 5.97 Å². The highest BCUT2D eigenvalue weighted by Gasteiger charge is 2.32. The Balaban J connectivity index is 1.75. The molecule has 2 N–H and O–H groups in total. The SMILES string of the molecule is CCC1CCC(NC(=O)N2CCC(C(=O)O)C2)CC1. The van der Waals surface area contributed by atoms with E-state index >= 15 is 0 Å². The van der Waals surface area contributed by atoms with Crippen molar-refractivity contribution >= 4 is 12.0 Å². The van der Waals surface area contributed by atoms with E-state index in [1.165, 1.54) is 19.3 Å². The zero-order valence-electron chi connectivity index (χ0n) is 11.6. The van der Waals surface area contributed by atoms with Gasteiger partial charge in [-0.2, -0.15) is 0 Å². The number of nitrogens with zero attached hydrogens (tertiary/aromatic N) is 1. The molecule has 0 aromatic carbocycles. The van der Waals surface area contributed by atoms with Crippen molar-refractivity contribution in [3.63, 3.8) is 0 Å². The summed E-state index contributed by atoms with van der Waals surface area (Å²) in [6, 6.07) is 0.197. The fraction of sp³-hybridized carbons (Fsp3) is 0.857. The number of aliphatic carboxylic acids is 1. The lowest BCUT2D eigenvalue weighted by atomic mass is 9.84. The maximum absolute atomic E-state index is 12.1. The quantitative estimate of drug-likeness (QED) is 0.823. The summed E-state index contributed by atoms with van der Waals surface area (Å²) in [5.41, 5.74) is 0. The molecule has 0 radical (unpaired) electrons. The van der Waals surface area contributed by atoms with Gasteiger partial charge in [0.05, 0.1) is 5.92 Å². The van der Waals surface area contributed by atoms with Crippen molar-refractivity contribution in [2.24, 2.45) is 11.8 Å². The first-order chi connectivity index (χ1) is 9.10. The molecule has 0 spiro atoms. The number of carbonyl (C=O) groups is 2. The molecule has 5 heteroatoms. The Bertz CT molecular complexity index is 338. The van der Waals surface area contributed by atoms with Crippen molar-refractivity contribution in [3.05, 3.63) is 0 Å². The van der Waals surface area contributed by atoms with E-state index in [2.05, 4.69) is 12.2 Å². The number of rotatable bonds is 3. The summed E-state index contributed by atoms with van der Waals surface area (Å²) in [5.74, 6) is -0.364. The predicted molar refractivity (Wildman–Crippen MR) is 71.9 cm³/mol. The summed E-state index contributed by atoms with van der Waals surface area (Å²) >= 11 is 0. The van der Waals surface area contributed by atoms with Crippen LogP contribution in [-0.4, -0.2) is 41.1 Å². The van der Waals surface area contributed by atoms with Gasteiger partial charge in [0.25, 0.3) is 0 Å². The molecule has 2 fully saturated rings. The van der Waals surface area contributed by atoms with Gasteiger partial charge in [-0.05, 0) is 38.0 Å². The molecule has 108 valence electrons. The third-order valence-electron chi connectivity index (χ3n) is 4.58. The second-order valence-corrected chi connectivity index (χ2v) is 5.85. The molecule has 2 amide bonds. The molecular formula is C14H24N2O3. The minimum atomic E-state index is -0.793. The van der Waals surface area contributed by atoms with Crippen LogP contribution in [0.4, 0.5) is 4.79 Å². The second-order valence-electron chi connectivity index (χ2n) is 5.85. The van der Waals surface area contributed by atoms with E-state index in [1.54, 1.807) is 4.90 Å². The number of hydrogen-bond acceptors (Lipinski definition) is 2. The minimum Gasteiger partial charge on any atom is -0.481 e. The average Bonchev–Trinajstić information content (AvgIpc) is 2.89. The molecule has 1 aliphatic heterocycles. The Labute approximate surface area is 114 Å². The van der Waals surface area contributed by atoms with E-state index in [4.69, 9.17) is 5.11 Å². The van der Waals surface area contributed by atoms with Gasteiger partial charge in [-0.15, -0.1) is 0 Å². The summed E-state index contributed by atoms with van der Waals surface area (Å²) in [4.78, 5) is 24.6. The van der Waals surface area contributed by atoms with Crippen molar-refractivity contribution in [1.29, 1.82) is 0 Å². The van der Waals surface area contributed by atoms with Gasteiger partial charge in [-0.3, -0.25) is 4.79 Å². The van der Waals surface area contributed by atoms with Gasteiger partial charge in [0.1, 0.15) is 0 Å². The number of carboxylic acids is 1. The van der Waals surface area contributed by atoms with Crippen LogP contribution in [-0.2, 0) is 4.79 Å². The molecule has 1 atom stereocenters. The van der Waals surface area contributed by atoms with Crippen LogP contribution in [0.15, 0.2) is 0 Å². The van der Waals surface area contributed by atoms with Crippen molar-refractivity contribution in [2.45, 2.75) is 51.5 Å². The van der Waals surface area contributed by atoms with Crippen molar-refractivity contribution in [2.75, 3.05) is 13.1 Å². The van der Waals surface area contributed by atoms with Gasteiger partial charge in [-0.25, -0.2) is 4.79 Å². The molecule has 5 nitrogen and oxygen atoms in total. The lowest BCUT2D eigenvalue weighted by Crippen LogP contribution is -2.45. The van der Waals surface area contributed by atoms with Crippen LogP contribution >= 0.6 is 0 Å². The predicted octanol–water partition coefficient (Wildman–Crippen LogP) is 2.07. The maximum Gasteiger partial charge on any atom is 0.317 e. The number of amides is 2. The molecule has 1 saturated carbocycles. The van der Waals surface area contributed by atoms with Crippen molar-refractivity contribution in [1.82, 2.24) is 10.2 Å². The van der Waals surface area contributed by atoms with E-state index in [9.17, 15) is 9.59 Å². The normalized spacial score (nSPS) is 31.2. The van der Waals surface area contributed by atoms with Gasteiger partial charge < -0.3 is 15.3 Å². The number of nitrogens with one attached hydrogen (secondary N) is 1. The Hall–Kier alpha value is -1.26. The zero-order chi connectivity index (χ0) is 13.8. The largest absolute Gasteiger partial charge is 0.481 e. The van der Waals surface area contributed by atoms with Crippen molar-refractivity contribution in [3.8, 4) is 0 Å². The van der Waals surface area contributed by atoms with Gasteiger partial charge >= 0.3 is 12.0 Å². The highest BCUT2D eigenvalue weighted by molar-refractivity contribution is 5.77. The van der Waals surface area contributed by atoms with E-state index in [0.29, 0.717) is 19.5 Å². The fourth-order valence-corrected chi connectivity index (χ4v) is 3.13. The Kier molecular flexibility index (Phi) is 4.66. The first-order valence-electron chi connectivity index (χ1n) is 7.38. The third-order valence-corrected chi connectivity index (χ3v) is 4.58. The molecule has 0 aromatic heterocycles. The van der Waals surface area contributed by atoms with Crippen LogP contribution in [0.1, 0.15) is 45.4 Å². The summed E-state index contributed by atoms with van der Waals surface area (Å²) in [6.07, 6.45) is 6.30. The number of carbonyl (C=O) groups excluding carboxylic acids is 1. The van der Waals surface area contributed by atoms with Crippen LogP contribution in [0.3, 0.4) is 0 Å². The molecule has 1 aliphatic carbocycles. The van der Waals surface area contributed by atoms with Crippen molar-refractivity contribution < 1.29 is 14.7 Å². The molecular weight excluding hydrogens is 244 g/mol. The monoisotopic (exact) mass is 268 g/mol. The van der Waals surface area contributed by atoms with Crippen LogP contribution < -0.4 is 5.32 Å². The minimum absolute atomic E-state index is 0.0799. The highest BCUT2D eigenvalue weighted by Crippen LogP contribution is 2.26. The summed E-state index contributed by atoms with van der Waals surface area (Å²) in [7, 11) is 0. The maximum atomic E-state index is 12.1.